The molecule has 0 fully saturated rings. The van der Waals surface area contributed by atoms with Crippen molar-refractivity contribution in [2.75, 3.05) is 0 Å². The normalized spacial score (nSPS) is 12.8. The van der Waals surface area contributed by atoms with Gasteiger partial charge in [-0.25, -0.2) is 0 Å². The van der Waals surface area contributed by atoms with E-state index in [1.165, 1.54) is 6.92 Å². The summed E-state index contributed by atoms with van der Waals surface area (Å²) >= 11 is 0. The second-order valence-corrected chi connectivity index (χ2v) is 6.50. The number of rotatable bonds is 3. The van der Waals surface area contributed by atoms with E-state index in [-0.39, 0.29) is 11.5 Å². The molecule has 0 bridgehead atoms. The van der Waals surface area contributed by atoms with Crippen LogP contribution in [0.4, 0.5) is 0 Å². The summed E-state index contributed by atoms with van der Waals surface area (Å²) in [6.07, 6.45) is 1.68. The van der Waals surface area contributed by atoms with Gasteiger partial charge < -0.3 is 4.74 Å². The smallest absolute Gasteiger partial charge is 0.308 e. The SMILES string of the molecule is CC(=O)OC1=CC(=C(c2ccccc2)c2ccccc2)c2ccccc2C1=O. The molecule has 136 valence electrons. The summed E-state index contributed by atoms with van der Waals surface area (Å²) in [5.74, 6) is -0.750. The van der Waals surface area contributed by atoms with Crippen LogP contribution in [0.25, 0.3) is 11.1 Å². The van der Waals surface area contributed by atoms with Gasteiger partial charge >= 0.3 is 5.97 Å². The number of ether oxygens (including phenoxy) is 1. The highest BCUT2D eigenvalue weighted by Crippen LogP contribution is 2.38. The van der Waals surface area contributed by atoms with E-state index in [2.05, 4.69) is 0 Å². The molecule has 1 aliphatic rings. The van der Waals surface area contributed by atoms with E-state index in [1.54, 1.807) is 12.1 Å². The van der Waals surface area contributed by atoms with E-state index in [1.807, 2.05) is 78.9 Å². The van der Waals surface area contributed by atoms with Gasteiger partial charge in [0.2, 0.25) is 5.78 Å². The van der Waals surface area contributed by atoms with Crippen molar-refractivity contribution in [3.05, 3.63) is 119 Å². The van der Waals surface area contributed by atoms with Crippen LogP contribution >= 0.6 is 0 Å². The number of ketones is 1. The predicted octanol–water partition coefficient (Wildman–Crippen LogP) is 5.29. The number of fused-ring (bicyclic) bond motifs is 1. The zero-order valence-corrected chi connectivity index (χ0v) is 15.4. The molecule has 4 rings (SSSR count). The van der Waals surface area contributed by atoms with Gasteiger partial charge in [-0.2, -0.15) is 0 Å². The topological polar surface area (TPSA) is 43.4 Å². The van der Waals surface area contributed by atoms with Crippen LogP contribution in [0.5, 0.6) is 0 Å². The van der Waals surface area contributed by atoms with E-state index in [0.29, 0.717) is 5.56 Å². The van der Waals surface area contributed by atoms with Crippen LogP contribution in [0.15, 0.2) is 96.8 Å². The molecule has 1 aliphatic carbocycles. The number of benzene rings is 3. The summed E-state index contributed by atoms with van der Waals surface area (Å²) in [5, 5.41) is 0. The van der Waals surface area contributed by atoms with Gasteiger partial charge in [0.25, 0.3) is 0 Å². The minimum absolute atomic E-state index is 0.0468. The fourth-order valence-corrected chi connectivity index (χ4v) is 3.45. The monoisotopic (exact) mass is 366 g/mol. The maximum Gasteiger partial charge on any atom is 0.308 e. The second kappa shape index (κ2) is 7.49. The zero-order valence-electron chi connectivity index (χ0n) is 15.4. The van der Waals surface area contributed by atoms with Gasteiger partial charge in [-0.15, -0.1) is 0 Å². The van der Waals surface area contributed by atoms with Crippen LogP contribution in [0, 0.1) is 0 Å². The summed E-state index contributed by atoms with van der Waals surface area (Å²) in [6, 6.07) is 27.4. The number of carbonyl (C=O) groups excluding carboxylic acids is 2. The fraction of sp³-hybridized carbons (Fsp3) is 0.0400. The van der Waals surface area contributed by atoms with E-state index in [9.17, 15) is 9.59 Å². The molecular weight excluding hydrogens is 348 g/mol. The van der Waals surface area contributed by atoms with Crippen molar-refractivity contribution < 1.29 is 14.3 Å². The lowest BCUT2D eigenvalue weighted by atomic mass is 9.83. The van der Waals surface area contributed by atoms with Crippen molar-refractivity contribution in [1.29, 1.82) is 0 Å². The third kappa shape index (κ3) is 3.30. The molecule has 0 saturated heterocycles. The lowest BCUT2D eigenvalue weighted by molar-refractivity contribution is -0.136. The molecule has 0 aromatic heterocycles. The fourth-order valence-electron chi connectivity index (χ4n) is 3.45. The summed E-state index contributed by atoms with van der Waals surface area (Å²) in [6.45, 7) is 1.30. The molecule has 0 saturated carbocycles. The zero-order chi connectivity index (χ0) is 19.5. The number of Topliss-reactive ketones (excluding diaryl/α,β-unsaturated/α-hetero) is 1. The van der Waals surface area contributed by atoms with E-state index >= 15 is 0 Å². The third-order valence-corrected chi connectivity index (χ3v) is 4.61. The molecule has 0 heterocycles. The average Bonchev–Trinajstić information content (AvgIpc) is 2.73. The number of carbonyl (C=O) groups is 2. The molecule has 0 spiro atoms. The second-order valence-electron chi connectivity index (χ2n) is 6.50. The highest BCUT2D eigenvalue weighted by Gasteiger charge is 2.27. The molecule has 0 radical (unpaired) electrons. The quantitative estimate of drug-likeness (QED) is 0.592. The Morgan fingerprint density at radius 2 is 1.21 bits per heavy atom. The van der Waals surface area contributed by atoms with Gasteiger partial charge in [0.05, 0.1) is 0 Å². The molecule has 0 amide bonds. The third-order valence-electron chi connectivity index (χ3n) is 4.61. The lowest BCUT2D eigenvalue weighted by Crippen LogP contribution is -2.16. The number of allylic oxidation sites excluding steroid dienone is 3. The van der Waals surface area contributed by atoms with Crippen LogP contribution in [-0.4, -0.2) is 11.8 Å². The van der Waals surface area contributed by atoms with Crippen molar-refractivity contribution in [2.45, 2.75) is 6.92 Å². The maximum absolute atomic E-state index is 12.8. The standard InChI is InChI=1S/C25H18O3/c1-17(26)28-23-16-22(20-14-8-9-15-21(20)25(23)27)24(18-10-4-2-5-11-18)19-12-6-3-7-13-19/h2-16H,1H3. The largest absolute Gasteiger partial charge is 0.422 e. The Bertz CT molecular complexity index is 1070. The average molecular weight is 366 g/mol. The van der Waals surface area contributed by atoms with E-state index in [4.69, 9.17) is 4.74 Å². The molecule has 0 aliphatic heterocycles. The maximum atomic E-state index is 12.8. The molecule has 3 heteroatoms. The van der Waals surface area contributed by atoms with E-state index in [0.717, 1.165) is 27.8 Å². The lowest BCUT2D eigenvalue weighted by Gasteiger charge is -2.21. The molecule has 3 aromatic carbocycles. The Morgan fingerprint density at radius 1 is 0.714 bits per heavy atom. The molecule has 3 nitrogen and oxygen atoms in total. The van der Waals surface area contributed by atoms with Gasteiger partial charge in [0, 0.05) is 12.5 Å². The Hall–Kier alpha value is -3.72. The Labute approximate surface area is 163 Å². The molecule has 0 N–H and O–H groups in total. The first kappa shape index (κ1) is 17.7. The summed E-state index contributed by atoms with van der Waals surface area (Å²) < 4.78 is 5.25. The Balaban J connectivity index is 2.07. The van der Waals surface area contributed by atoms with Crippen molar-refractivity contribution >= 4 is 22.9 Å². The highest BCUT2D eigenvalue weighted by atomic mass is 16.5. The van der Waals surface area contributed by atoms with Gasteiger partial charge in [-0.3, -0.25) is 9.59 Å². The summed E-state index contributed by atoms with van der Waals surface area (Å²) in [5.41, 5.74) is 5.22. The minimum Gasteiger partial charge on any atom is -0.422 e. The van der Waals surface area contributed by atoms with Gasteiger partial charge in [0.15, 0.2) is 5.76 Å². The van der Waals surface area contributed by atoms with Gasteiger partial charge in [-0.05, 0) is 33.9 Å². The van der Waals surface area contributed by atoms with Crippen molar-refractivity contribution in [2.24, 2.45) is 0 Å². The van der Waals surface area contributed by atoms with Crippen molar-refractivity contribution in [3.8, 4) is 0 Å². The Kier molecular flexibility index (Phi) is 4.73. The number of hydrogen-bond donors (Lipinski definition) is 0. The minimum atomic E-state index is -0.515. The van der Waals surface area contributed by atoms with Crippen molar-refractivity contribution in [3.63, 3.8) is 0 Å². The van der Waals surface area contributed by atoms with Crippen LogP contribution in [0.3, 0.4) is 0 Å². The molecule has 0 unspecified atom stereocenters. The first-order valence-corrected chi connectivity index (χ1v) is 9.04. The first-order chi connectivity index (χ1) is 13.6. The van der Waals surface area contributed by atoms with Crippen molar-refractivity contribution in [1.82, 2.24) is 0 Å². The molecule has 0 atom stereocenters. The van der Waals surface area contributed by atoms with Crippen LogP contribution < -0.4 is 0 Å². The highest BCUT2D eigenvalue weighted by molar-refractivity contribution is 6.19. The van der Waals surface area contributed by atoms with Crippen LogP contribution in [-0.2, 0) is 9.53 Å². The molecule has 3 aromatic rings. The van der Waals surface area contributed by atoms with E-state index < -0.39 is 5.97 Å². The first-order valence-electron chi connectivity index (χ1n) is 9.04. The number of esters is 1. The Morgan fingerprint density at radius 3 is 1.75 bits per heavy atom. The summed E-state index contributed by atoms with van der Waals surface area (Å²) in [4.78, 5) is 24.4. The van der Waals surface area contributed by atoms with Crippen LogP contribution in [0.1, 0.15) is 34.0 Å². The number of hydrogen-bond acceptors (Lipinski definition) is 3. The van der Waals surface area contributed by atoms with Gasteiger partial charge in [-0.1, -0.05) is 84.9 Å². The summed E-state index contributed by atoms with van der Waals surface area (Å²) in [7, 11) is 0. The van der Waals surface area contributed by atoms with Crippen LogP contribution in [0.2, 0.25) is 0 Å². The van der Waals surface area contributed by atoms with Gasteiger partial charge in [0.1, 0.15) is 0 Å². The molecule has 28 heavy (non-hydrogen) atoms. The molecular formula is C25H18O3. The predicted molar refractivity (Wildman–Crippen MR) is 109 cm³/mol.